The van der Waals surface area contributed by atoms with Crippen LogP contribution in [0, 0.1) is 11.7 Å². The Morgan fingerprint density at radius 2 is 1.74 bits per heavy atom. The number of carbonyl (C=O) groups is 2. The molecule has 6 rings (SSSR count). The number of alkyl halides is 3. The number of carboxylic acids is 1. The molecule has 0 bridgehead atoms. The van der Waals surface area contributed by atoms with Gasteiger partial charge in [0.1, 0.15) is 11.4 Å². The molecular weight excluding hydrogens is 570 g/mol. The number of hydrogen-bond donors (Lipinski definition) is 3. The lowest BCUT2D eigenvalue weighted by Crippen LogP contribution is -2.62. The Bertz CT molecular complexity index is 1410. The maximum absolute atomic E-state index is 14.0. The molecule has 0 unspecified atom stereocenters. The number of likely N-dealkylation sites (tertiary alicyclic amines) is 1. The summed E-state index contributed by atoms with van der Waals surface area (Å²) >= 11 is 0. The zero-order valence-electron chi connectivity index (χ0n) is 23.6. The van der Waals surface area contributed by atoms with Gasteiger partial charge in [-0.15, -0.1) is 0 Å². The fraction of sp³-hybridized carbons (Fsp3) is 0.548. The summed E-state index contributed by atoms with van der Waals surface area (Å²) in [5.74, 6) is -2.27. The Balaban J connectivity index is 1.12. The predicted octanol–water partition coefficient (Wildman–Crippen LogP) is 4.20. The Kier molecular flexibility index (Phi) is 7.55. The molecule has 1 aliphatic carbocycles. The molecule has 0 radical (unpaired) electrons. The monoisotopic (exact) mass is 605 g/mol. The molecule has 3 heterocycles. The number of hydrogen-bond acceptors (Lipinski definition) is 6. The van der Waals surface area contributed by atoms with Crippen molar-refractivity contribution >= 4 is 11.9 Å². The number of nitrogens with zero attached hydrogens (tertiary/aromatic N) is 2. The molecule has 1 saturated carbocycles. The molecule has 3 atom stereocenters. The number of carbonyl (C=O) groups excluding carboxylic acids is 1. The lowest BCUT2D eigenvalue weighted by molar-refractivity contribution is -0.180. The molecule has 8 nitrogen and oxygen atoms in total. The van der Waals surface area contributed by atoms with Crippen LogP contribution in [0.15, 0.2) is 36.4 Å². The predicted molar refractivity (Wildman–Crippen MR) is 146 cm³/mol. The third-order valence-electron chi connectivity index (χ3n) is 9.70. The van der Waals surface area contributed by atoms with E-state index in [1.54, 1.807) is 6.07 Å². The second kappa shape index (κ2) is 10.8. The first-order valence-corrected chi connectivity index (χ1v) is 14.7. The minimum atomic E-state index is -4.57. The van der Waals surface area contributed by atoms with Crippen LogP contribution < -0.4 is 5.73 Å². The summed E-state index contributed by atoms with van der Waals surface area (Å²) in [6.45, 7) is 1.47. The van der Waals surface area contributed by atoms with Gasteiger partial charge in [0.25, 0.3) is 5.91 Å². The second-order valence-corrected chi connectivity index (χ2v) is 12.5. The SMILES string of the molecule is N[C@]1(O)CN(C(=O)[C@@]2(C3CC3)CC[C@@H](N3CCC(c4ccc(F)c(C(=O)O)c4)CC3)CO2)Cc2cc(C(F)(F)F)ccc21. The molecule has 2 saturated heterocycles. The van der Waals surface area contributed by atoms with Crippen molar-refractivity contribution in [2.75, 3.05) is 26.2 Å². The first-order valence-electron chi connectivity index (χ1n) is 14.7. The van der Waals surface area contributed by atoms with Crippen molar-refractivity contribution in [2.45, 2.75) is 74.5 Å². The zero-order valence-corrected chi connectivity index (χ0v) is 23.6. The molecule has 0 aromatic heterocycles. The number of nitrogens with two attached hydrogens (primary N) is 1. The van der Waals surface area contributed by atoms with E-state index in [1.807, 2.05) is 0 Å². The van der Waals surface area contributed by atoms with Gasteiger partial charge in [0.05, 0.1) is 24.3 Å². The van der Waals surface area contributed by atoms with E-state index in [9.17, 15) is 37.4 Å². The van der Waals surface area contributed by atoms with Crippen LogP contribution in [0.25, 0.3) is 0 Å². The smallest absolute Gasteiger partial charge is 0.416 e. The number of benzene rings is 2. The second-order valence-electron chi connectivity index (χ2n) is 12.5. The molecule has 0 spiro atoms. The Morgan fingerprint density at radius 1 is 1.02 bits per heavy atom. The molecule has 4 aliphatic rings. The van der Waals surface area contributed by atoms with Crippen LogP contribution in [-0.4, -0.2) is 69.8 Å². The Hall–Kier alpha value is -3.06. The van der Waals surface area contributed by atoms with Gasteiger partial charge in [0.15, 0.2) is 5.72 Å². The summed E-state index contributed by atoms with van der Waals surface area (Å²) in [6.07, 6.45) is -0.245. The Morgan fingerprint density at radius 3 is 2.35 bits per heavy atom. The average Bonchev–Trinajstić information content (AvgIpc) is 3.82. The standard InChI is InChI=1S/C31H35F4N3O5/c32-26-6-1-19(14-24(26)27(39)40)18-8-11-37(12-9-18)23-7-10-29(43-16-23,21-2-3-21)28(41)38-15-20-13-22(31(33,34)35)4-5-25(20)30(36,42)17-38/h1,4-6,13-14,18,21,23,42H,2-3,7-12,15-17,36H2,(H,39,40)/t23-,29+,30+/m1/s1. The van der Waals surface area contributed by atoms with E-state index >= 15 is 0 Å². The maximum Gasteiger partial charge on any atom is 0.416 e. The number of aliphatic hydroxyl groups is 1. The maximum atomic E-state index is 14.0. The van der Waals surface area contributed by atoms with E-state index in [0.29, 0.717) is 19.4 Å². The molecule has 3 aliphatic heterocycles. The van der Waals surface area contributed by atoms with Crippen molar-refractivity contribution in [3.8, 4) is 0 Å². The summed E-state index contributed by atoms with van der Waals surface area (Å²) in [5.41, 5.74) is 2.99. The number of β-amino-alcohol motifs (C(OH)–C–C–N with tert-alkyl or cyclic N) is 1. The molecule has 12 heteroatoms. The third kappa shape index (κ3) is 5.65. The molecular formula is C31H35F4N3O5. The van der Waals surface area contributed by atoms with Gasteiger partial charge < -0.3 is 19.8 Å². The topological polar surface area (TPSA) is 116 Å². The molecule has 43 heavy (non-hydrogen) atoms. The summed E-state index contributed by atoms with van der Waals surface area (Å²) in [7, 11) is 0. The highest BCUT2D eigenvalue weighted by molar-refractivity contribution is 5.88. The van der Waals surface area contributed by atoms with E-state index in [0.717, 1.165) is 56.5 Å². The summed E-state index contributed by atoms with van der Waals surface area (Å²) in [6, 6.07) is 7.37. The normalized spacial score (nSPS) is 28.9. The number of ether oxygens (including phenoxy) is 1. The van der Waals surface area contributed by atoms with Crippen molar-refractivity contribution < 1.29 is 42.1 Å². The van der Waals surface area contributed by atoms with Gasteiger partial charge in [-0.2, -0.15) is 13.2 Å². The fourth-order valence-electron chi connectivity index (χ4n) is 7.22. The van der Waals surface area contributed by atoms with Crippen LogP contribution in [-0.2, 0) is 28.0 Å². The molecule has 1 amide bonds. The molecule has 2 aromatic carbocycles. The van der Waals surface area contributed by atoms with Gasteiger partial charge in [-0.3, -0.25) is 15.4 Å². The summed E-state index contributed by atoms with van der Waals surface area (Å²) in [5, 5.41) is 20.2. The zero-order chi connectivity index (χ0) is 30.7. The van der Waals surface area contributed by atoms with E-state index < -0.39 is 34.9 Å². The molecule has 2 aromatic rings. The highest BCUT2D eigenvalue weighted by Crippen LogP contribution is 2.49. The van der Waals surface area contributed by atoms with E-state index in [1.165, 1.54) is 23.1 Å². The summed E-state index contributed by atoms with van der Waals surface area (Å²) in [4.78, 5) is 29.1. The van der Waals surface area contributed by atoms with Crippen LogP contribution in [0.1, 0.15) is 77.1 Å². The van der Waals surface area contributed by atoms with Crippen LogP contribution in [0.3, 0.4) is 0 Å². The number of amides is 1. The lowest BCUT2D eigenvalue weighted by Gasteiger charge is -2.48. The highest BCUT2D eigenvalue weighted by Gasteiger charge is 2.56. The van der Waals surface area contributed by atoms with E-state index in [4.69, 9.17) is 10.5 Å². The Labute approximate surface area is 246 Å². The van der Waals surface area contributed by atoms with E-state index in [-0.39, 0.29) is 53.6 Å². The van der Waals surface area contributed by atoms with Crippen LogP contribution >= 0.6 is 0 Å². The number of rotatable bonds is 5. The van der Waals surface area contributed by atoms with Crippen molar-refractivity contribution in [1.82, 2.24) is 9.80 Å². The van der Waals surface area contributed by atoms with Gasteiger partial charge >= 0.3 is 12.1 Å². The molecule has 4 N–H and O–H groups in total. The first-order chi connectivity index (χ1) is 20.3. The lowest BCUT2D eigenvalue weighted by atomic mass is 9.83. The third-order valence-corrected chi connectivity index (χ3v) is 9.70. The number of carboxylic acid groups (broad SMARTS) is 1. The largest absolute Gasteiger partial charge is 0.478 e. The van der Waals surface area contributed by atoms with Gasteiger partial charge in [-0.05, 0) is 98.8 Å². The quantitative estimate of drug-likeness (QED) is 0.346. The summed E-state index contributed by atoms with van der Waals surface area (Å²) < 4.78 is 60.5. The highest BCUT2D eigenvalue weighted by atomic mass is 19.4. The van der Waals surface area contributed by atoms with Crippen molar-refractivity contribution in [3.63, 3.8) is 0 Å². The molecule has 232 valence electrons. The van der Waals surface area contributed by atoms with Gasteiger partial charge in [-0.25, -0.2) is 9.18 Å². The van der Waals surface area contributed by atoms with Crippen molar-refractivity contribution in [3.05, 3.63) is 70.0 Å². The first kappa shape index (κ1) is 30.0. The number of fused-ring (bicyclic) bond motifs is 1. The number of halogens is 4. The fourth-order valence-corrected chi connectivity index (χ4v) is 7.22. The number of piperidine rings is 1. The average molecular weight is 606 g/mol. The van der Waals surface area contributed by atoms with Gasteiger partial charge in [0, 0.05) is 18.2 Å². The van der Waals surface area contributed by atoms with E-state index in [2.05, 4.69) is 4.90 Å². The molecule has 3 fully saturated rings. The van der Waals surface area contributed by atoms with Crippen LogP contribution in [0.5, 0.6) is 0 Å². The van der Waals surface area contributed by atoms with Crippen molar-refractivity contribution in [1.29, 1.82) is 0 Å². The minimum absolute atomic E-state index is 0.00219. The van der Waals surface area contributed by atoms with Gasteiger partial charge in [0.2, 0.25) is 0 Å². The van der Waals surface area contributed by atoms with Gasteiger partial charge in [-0.1, -0.05) is 12.1 Å². The van der Waals surface area contributed by atoms with Crippen molar-refractivity contribution in [2.24, 2.45) is 11.7 Å². The van der Waals surface area contributed by atoms with Crippen LogP contribution in [0.2, 0.25) is 0 Å². The number of aromatic carboxylic acids is 1. The van der Waals surface area contributed by atoms with Crippen LogP contribution in [0.4, 0.5) is 17.6 Å². The minimum Gasteiger partial charge on any atom is -0.478 e.